The average molecular weight is 475 g/mol. The molecule has 5 nitrogen and oxygen atoms in total. The second kappa shape index (κ2) is 11.4. The van der Waals surface area contributed by atoms with Gasteiger partial charge in [-0.25, -0.2) is 0 Å². The summed E-state index contributed by atoms with van der Waals surface area (Å²) in [6, 6.07) is 14.3. The van der Waals surface area contributed by atoms with E-state index >= 15 is 0 Å². The van der Waals surface area contributed by atoms with Gasteiger partial charge in [0.15, 0.2) is 5.78 Å². The summed E-state index contributed by atoms with van der Waals surface area (Å²) in [4.78, 5) is 20.4. The van der Waals surface area contributed by atoms with Crippen molar-refractivity contribution in [1.82, 2.24) is 10.2 Å². The summed E-state index contributed by atoms with van der Waals surface area (Å²) >= 11 is 8.92. The quantitative estimate of drug-likeness (QED) is 0.449. The number of nitrogens with zero attached hydrogens (tertiary/aromatic N) is 1. The number of rotatable bonds is 3. The van der Waals surface area contributed by atoms with E-state index in [1.165, 1.54) is 9.79 Å². The molecule has 0 atom stereocenters. The minimum Gasteiger partial charge on any atom is -0.379 e. The third-order valence-corrected chi connectivity index (χ3v) is 8.10. The topological polar surface area (TPSA) is 50.8 Å². The molecule has 3 heterocycles. The van der Waals surface area contributed by atoms with Crippen molar-refractivity contribution in [2.24, 2.45) is 0 Å². The van der Waals surface area contributed by atoms with E-state index in [1.807, 2.05) is 24.3 Å². The summed E-state index contributed by atoms with van der Waals surface area (Å²) < 4.78 is 10.4. The highest BCUT2D eigenvalue weighted by atomic mass is 32.2. The van der Waals surface area contributed by atoms with Crippen LogP contribution >= 0.6 is 35.7 Å². The number of ketones is 1. The molecule has 2 fully saturated rings. The molecule has 164 valence electrons. The molecule has 0 spiro atoms. The Bertz CT molecular complexity index is 917. The Balaban J connectivity index is 0.000000334. The molecular weight excluding hydrogens is 448 g/mol. The van der Waals surface area contributed by atoms with Crippen LogP contribution in [0.3, 0.4) is 0 Å². The number of hydrogen-bond donors (Lipinski definition) is 1. The molecule has 31 heavy (non-hydrogen) atoms. The fourth-order valence-corrected chi connectivity index (χ4v) is 6.15. The summed E-state index contributed by atoms with van der Waals surface area (Å²) in [6.45, 7) is 6.74. The first-order valence-electron chi connectivity index (χ1n) is 10.5. The zero-order valence-electron chi connectivity index (χ0n) is 17.3. The van der Waals surface area contributed by atoms with Crippen molar-refractivity contribution >= 4 is 46.5 Å². The largest absolute Gasteiger partial charge is 0.379 e. The van der Waals surface area contributed by atoms with E-state index in [0.717, 1.165) is 59.7 Å². The maximum atomic E-state index is 12.9. The van der Waals surface area contributed by atoms with E-state index in [1.54, 1.807) is 23.5 Å². The molecule has 3 aliphatic rings. The highest BCUT2D eigenvalue weighted by Gasteiger charge is 2.24. The van der Waals surface area contributed by atoms with Gasteiger partial charge in [0, 0.05) is 51.3 Å². The van der Waals surface area contributed by atoms with Gasteiger partial charge in [0.1, 0.15) is 0 Å². The Kier molecular flexibility index (Phi) is 8.40. The molecule has 0 saturated carbocycles. The minimum absolute atomic E-state index is 0.0980. The first-order chi connectivity index (χ1) is 15.2. The van der Waals surface area contributed by atoms with Crippen LogP contribution in [0.5, 0.6) is 0 Å². The van der Waals surface area contributed by atoms with Crippen LogP contribution in [-0.2, 0) is 9.47 Å². The highest BCUT2D eigenvalue weighted by molar-refractivity contribution is 8.05. The lowest BCUT2D eigenvalue weighted by atomic mass is 10.1. The van der Waals surface area contributed by atoms with E-state index in [4.69, 9.17) is 21.7 Å². The van der Waals surface area contributed by atoms with Crippen molar-refractivity contribution in [3.8, 4) is 0 Å². The number of fused-ring (bicyclic) bond motifs is 2. The van der Waals surface area contributed by atoms with Crippen LogP contribution in [0.2, 0.25) is 0 Å². The van der Waals surface area contributed by atoms with Gasteiger partial charge in [0.05, 0.1) is 37.8 Å². The summed E-state index contributed by atoms with van der Waals surface area (Å²) in [6.07, 6.45) is 0.290. The number of hydrogen-bond acceptors (Lipinski definition) is 7. The van der Waals surface area contributed by atoms with Gasteiger partial charge in [0.2, 0.25) is 0 Å². The molecule has 2 aromatic rings. The SMILES string of the molecule is C1COCCN1.O=C(CC(=S)N1CCOCC1)c1cccc2c1Sc1ccccc1S2. The van der Waals surface area contributed by atoms with Gasteiger partial charge < -0.3 is 19.7 Å². The smallest absolute Gasteiger partial charge is 0.170 e. The van der Waals surface area contributed by atoms with Gasteiger partial charge in [-0.1, -0.05) is 60.0 Å². The van der Waals surface area contributed by atoms with Crippen molar-refractivity contribution < 1.29 is 14.3 Å². The van der Waals surface area contributed by atoms with Crippen molar-refractivity contribution in [1.29, 1.82) is 0 Å². The van der Waals surface area contributed by atoms with Gasteiger partial charge in [-0.05, 0) is 18.2 Å². The molecule has 1 N–H and O–H groups in total. The number of ether oxygens (including phenoxy) is 2. The lowest BCUT2D eigenvalue weighted by Crippen LogP contribution is -2.40. The monoisotopic (exact) mass is 474 g/mol. The molecule has 2 saturated heterocycles. The van der Waals surface area contributed by atoms with Crippen molar-refractivity contribution in [3.63, 3.8) is 0 Å². The Labute approximate surface area is 197 Å². The molecular formula is C23H26N2O3S3. The molecule has 0 bridgehead atoms. The van der Waals surface area contributed by atoms with E-state index < -0.39 is 0 Å². The number of morpholine rings is 2. The van der Waals surface area contributed by atoms with Crippen LogP contribution in [0.4, 0.5) is 0 Å². The first kappa shape index (κ1) is 22.8. The van der Waals surface area contributed by atoms with Crippen LogP contribution < -0.4 is 5.32 Å². The van der Waals surface area contributed by atoms with Crippen LogP contribution in [-0.4, -0.2) is 68.3 Å². The van der Waals surface area contributed by atoms with Crippen molar-refractivity contribution in [3.05, 3.63) is 48.0 Å². The highest BCUT2D eigenvalue weighted by Crippen LogP contribution is 2.49. The fraction of sp³-hybridized carbons (Fsp3) is 0.391. The summed E-state index contributed by atoms with van der Waals surface area (Å²) in [5.41, 5.74) is 0.778. The first-order valence-corrected chi connectivity index (χ1v) is 12.5. The maximum absolute atomic E-state index is 12.9. The molecule has 0 aromatic heterocycles. The van der Waals surface area contributed by atoms with Crippen LogP contribution in [0, 0.1) is 0 Å². The average Bonchev–Trinajstić information content (AvgIpc) is 2.84. The number of Topliss-reactive ketones (excluding diaryl/α,β-unsaturated/α-hetero) is 1. The minimum atomic E-state index is 0.0980. The van der Waals surface area contributed by atoms with E-state index in [-0.39, 0.29) is 5.78 Å². The summed E-state index contributed by atoms with van der Waals surface area (Å²) in [5.74, 6) is 0.0980. The van der Waals surface area contributed by atoms with Crippen molar-refractivity contribution in [2.75, 3.05) is 52.6 Å². The molecule has 2 aromatic carbocycles. The molecule has 3 aliphatic heterocycles. The van der Waals surface area contributed by atoms with E-state index in [9.17, 15) is 4.79 Å². The molecule has 0 amide bonds. The zero-order chi connectivity index (χ0) is 21.5. The third kappa shape index (κ3) is 6.09. The van der Waals surface area contributed by atoms with Gasteiger partial charge >= 0.3 is 0 Å². The Morgan fingerprint density at radius 1 is 0.903 bits per heavy atom. The summed E-state index contributed by atoms with van der Waals surface area (Å²) in [7, 11) is 0. The maximum Gasteiger partial charge on any atom is 0.170 e. The van der Waals surface area contributed by atoms with Gasteiger partial charge in [-0.15, -0.1) is 0 Å². The number of carbonyl (C=O) groups is 1. The molecule has 5 rings (SSSR count). The third-order valence-electron chi connectivity index (χ3n) is 5.08. The number of nitrogens with one attached hydrogen (secondary N) is 1. The Hall–Kier alpha value is -1.42. The lowest BCUT2D eigenvalue weighted by molar-refractivity contribution is 0.0677. The number of carbonyl (C=O) groups excluding carboxylic acids is 1. The second-order valence-electron chi connectivity index (χ2n) is 7.24. The fourth-order valence-electron chi connectivity index (χ4n) is 3.44. The normalized spacial score (nSPS) is 17.6. The van der Waals surface area contributed by atoms with Gasteiger partial charge in [0.25, 0.3) is 0 Å². The van der Waals surface area contributed by atoms with Crippen LogP contribution in [0.1, 0.15) is 16.8 Å². The van der Waals surface area contributed by atoms with Crippen LogP contribution in [0.25, 0.3) is 0 Å². The standard InChI is InChI=1S/C19H17NO2S3.C4H9NO/c21-14(12-18(23)20-8-10-22-11-9-20)13-4-3-7-17-19(13)25-16-6-2-1-5-15(16)24-17;1-3-6-4-2-5-1/h1-7H,8-12H2;5H,1-4H2. The zero-order valence-corrected chi connectivity index (χ0v) is 19.8. The van der Waals surface area contributed by atoms with Gasteiger partial charge in [-0.2, -0.15) is 0 Å². The van der Waals surface area contributed by atoms with Gasteiger partial charge in [-0.3, -0.25) is 4.79 Å². The number of thiocarbonyl (C=S) groups is 1. The molecule has 8 heteroatoms. The van der Waals surface area contributed by atoms with Crippen LogP contribution in [0.15, 0.2) is 62.0 Å². The molecule has 0 unspecified atom stereocenters. The Morgan fingerprint density at radius 3 is 2.19 bits per heavy atom. The van der Waals surface area contributed by atoms with Crippen molar-refractivity contribution in [2.45, 2.75) is 26.0 Å². The number of benzene rings is 2. The molecule has 0 aliphatic carbocycles. The summed E-state index contributed by atoms with van der Waals surface area (Å²) in [5, 5.41) is 3.16. The predicted molar refractivity (Wildman–Crippen MR) is 129 cm³/mol. The lowest BCUT2D eigenvalue weighted by Gasteiger charge is -2.29. The predicted octanol–water partition coefficient (Wildman–Crippen LogP) is 4.14. The second-order valence-corrected chi connectivity index (χ2v) is 9.85. The van der Waals surface area contributed by atoms with E-state index in [2.05, 4.69) is 28.4 Å². The Morgan fingerprint density at radius 2 is 1.55 bits per heavy atom. The molecule has 0 radical (unpaired) electrons. The van der Waals surface area contributed by atoms with E-state index in [0.29, 0.717) is 19.6 Å².